The highest BCUT2D eigenvalue weighted by Crippen LogP contribution is 2.30. The van der Waals surface area contributed by atoms with Gasteiger partial charge in [0.25, 0.3) is 10.0 Å². The summed E-state index contributed by atoms with van der Waals surface area (Å²) in [6.07, 6.45) is 0.176. The maximum absolute atomic E-state index is 12.9. The number of nitrogens with one attached hydrogen (secondary N) is 1. The molecule has 0 aliphatic heterocycles. The topological polar surface area (TPSA) is 94.7 Å². The van der Waals surface area contributed by atoms with Gasteiger partial charge < -0.3 is 0 Å². The van der Waals surface area contributed by atoms with E-state index in [0.29, 0.717) is 16.8 Å². The highest BCUT2D eigenvalue weighted by molar-refractivity contribution is 7.92. The molecule has 3 aromatic heterocycles. The van der Waals surface area contributed by atoms with Gasteiger partial charge in [0.15, 0.2) is 0 Å². The van der Waals surface area contributed by atoms with Crippen molar-refractivity contribution in [2.75, 3.05) is 4.72 Å². The largest absolute Gasteiger partial charge is 0.433 e. The van der Waals surface area contributed by atoms with Crippen molar-refractivity contribution >= 4 is 26.6 Å². The summed E-state index contributed by atoms with van der Waals surface area (Å²) in [6, 6.07) is 5.68. The number of alkyl halides is 3. The van der Waals surface area contributed by atoms with Crippen LogP contribution in [-0.2, 0) is 23.2 Å². The number of aromatic nitrogens is 5. The third-order valence-corrected chi connectivity index (χ3v) is 5.82. The number of fused-ring (bicyclic) bond motifs is 1. The summed E-state index contributed by atoms with van der Waals surface area (Å²) in [6.45, 7) is 1.75. The second-order valence-electron chi connectivity index (χ2n) is 6.59. The van der Waals surface area contributed by atoms with Crippen LogP contribution in [0.5, 0.6) is 0 Å². The van der Waals surface area contributed by atoms with Gasteiger partial charge in [-0.1, -0.05) is 12.1 Å². The van der Waals surface area contributed by atoms with Gasteiger partial charge in [0.1, 0.15) is 10.6 Å². The Balaban J connectivity index is 1.71. The molecule has 0 saturated heterocycles. The van der Waals surface area contributed by atoms with Crippen LogP contribution in [0.4, 0.5) is 18.9 Å². The molecule has 0 fully saturated rings. The molecule has 0 saturated carbocycles. The molecule has 0 aliphatic rings. The van der Waals surface area contributed by atoms with Crippen molar-refractivity contribution in [1.82, 2.24) is 24.5 Å². The SMILES string of the molecule is Cc1ccc2cnn(C)c2c1NS(=O)(=O)c1cnn(-c2ccnc(C(F)(F)F)c2)c1. The maximum atomic E-state index is 12.9. The quantitative estimate of drug-likeness (QED) is 0.530. The van der Waals surface area contributed by atoms with E-state index in [1.54, 1.807) is 30.9 Å². The first-order valence-corrected chi connectivity index (χ1v) is 10.1. The lowest BCUT2D eigenvalue weighted by atomic mass is 10.1. The molecule has 4 rings (SSSR count). The molecule has 0 spiro atoms. The summed E-state index contributed by atoms with van der Waals surface area (Å²) in [5.41, 5.74) is 0.588. The van der Waals surface area contributed by atoms with E-state index in [-0.39, 0.29) is 10.6 Å². The van der Waals surface area contributed by atoms with Crippen LogP contribution in [0.15, 0.2) is 53.9 Å². The standard InChI is InChI=1S/C18H15F3N6O2S/c1-11-3-4-12-8-23-26(2)17(12)16(11)25-30(28,29)14-9-24-27(10-14)13-5-6-22-15(7-13)18(19,20)21/h3-10,25H,1-2H3. The predicted octanol–water partition coefficient (Wildman–Crippen LogP) is 3.28. The Kier molecular flexibility index (Phi) is 4.53. The second kappa shape index (κ2) is 6.83. The van der Waals surface area contributed by atoms with E-state index in [1.165, 1.54) is 6.07 Å². The van der Waals surface area contributed by atoms with Crippen molar-refractivity contribution in [1.29, 1.82) is 0 Å². The number of rotatable bonds is 4. The summed E-state index contributed by atoms with van der Waals surface area (Å²) in [7, 11) is -2.37. The van der Waals surface area contributed by atoms with Gasteiger partial charge in [-0.25, -0.2) is 13.1 Å². The number of nitrogens with zero attached hydrogens (tertiary/aromatic N) is 5. The zero-order valence-electron chi connectivity index (χ0n) is 15.7. The third kappa shape index (κ3) is 3.49. The van der Waals surface area contributed by atoms with Crippen molar-refractivity contribution in [3.05, 3.63) is 60.3 Å². The lowest BCUT2D eigenvalue weighted by molar-refractivity contribution is -0.141. The lowest BCUT2D eigenvalue weighted by Crippen LogP contribution is -2.14. The molecule has 0 unspecified atom stereocenters. The zero-order chi connectivity index (χ0) is 21.7. The van der Waals surface area contributed by atoms with Crippen LogP contribution in [0, 0.1) is 6.92 Å². The minimum Gasteiger partial charge on any atom is -0.277 e. The summed E-state index contributed by atoms with van der Waals surface area (Å²) in [5, 5.41) is 8.79. The first-order valence-electron chi connectivity index (χ1n) is 8.59. The average Bonchev–Trinajstić information content (AvgIpc) is 3.32. The lowest BCUT2D eigenvalue weighted by Gasteiger charge is -2.11. The van der Waals surface area contributed by atoms with Crippen molar-refractivity contribution in [3.63, 3.8) is 0 Å². The van der Waals surface area contributed by atoms with E-state index in [0.717, 1.165) is 34.7 Å². The van der Waals surface area contributed by atoms with Gasteiger partial charge in [-0.2, -0.15) is 23.4 Å². The maximum Gasteiger partial charge on any atom is 0.433 e. The Morgan fingerprint density at radius 3 is 2.60 bits per heavy atom. The van der Waals surface area contributed by atoms with E-state index >= 15 is 0 Å². The van der Waals surface area contributed by atoms with Crippen LogP contribution in [-0.4, -0.2) is 33.0 Å². The fourth-order valence-corrected chi connectivity index (χ4v) is 4.06. The Morgan fingerprint density at radius 2 is 1.87 bits per heavy atom. The van der Waals surface area contributed by atoms with Crippen LogP contribution in [0.2, 0.25) is 0 Å². The number of anilines is 1. The average molecular weight is 436 g/mol. The van der Waals surface area contributed by atoms with Gasteiger partial charge in [0.05, 0.1) is 35.5 Å². The summed E-state index contributed by atoms with van der Waals surface area (Å²) in [5.74, 6) is 0. The van der Waals surface area contributed by atoms with Crippen molar-refractivity contribution in [2.45, 2.75) is 18.0 Å². The van der Waals surface area contributed by atoms with E-state index in [1.807, 2.05) is 6.07 Å². The van der Waals surface area contributed by atoms with Crippen molar-refractivity contribution in [3.8, 4) is 5.69 Å². The molecular weight excluding hydrogens is 421 g/mol. The minimum atomic E-state index is -4.63. The molecule has 0 bridgehead atoms. The number of sulfonamides is 1. The van der Waals surface area contributed by atoms with E-state index in [9.17, 15) is 21.6 Å². The van der Waals surface area contributed by atoms with E-state index < -0.39 is 21.9 Å². The molecule has 30 heavy (non-hydrogen) atoms. The molecule has 0 radical (unpaired) electrons. The Hall–Kier alpha value is -3.41. The van der Waals surface area contributed by atoms with Gasteiger partial charge in [0, 0.05) is 18.6 Å². The van der Waals surface area contributed by atoms with Gasteiger partial charge in [-0.15, -0.1) is 0 Å². The molecule has 3 heterocycles. The molecule has 4 aromatic rings. The Morgan fingerprint density at radius 1 is 1.10 bits per heavy atom. The van der Waals surface area contributed by atoms with Gasteiger partial charge in [-0.05, 0) is 24.6 Å². The predicted molar refractivity (Wildman–Crippen MR) is 103 cm³/mol. The third-order valence-electron chi connectivity index (χ3n) is 4.52. The fourth-order valence-electron chi connectivity index (χ4n) is 2.99. The molecule has 1 N–H and O–H groups in total. The van der Waals surface area contributed by atoms with Crippen molar-refractivity contribution < 1.29 is 21.6 Å². The van der Waals surface area contributed by atoms with Gasteiger partial charge in [-0.3, -0.25) is 14.4 Å². The highest BCUT2D eigenvalue weighted by atomic mass is 32.2. The molecule has 0 aliphatic carbocycles. The number of pyridine rings is 1. The molecule has 0 atom stereocenters. The number of hydrogen-bond acceptors (Lipinski definition) is 5. The second-order valence-corrected chi connectivity index (χ2v) is 8.27. The summed E-state index contributed by atoms with van der Waals surface area (Å²) >= 11 is 0. The van der Waals surface area contributed by atoms with Crippen LogP contribution in [0.25, 0.3) is 16.6 Å². The number of halogens is 3. The molecule has 12 heteroatoms. The first kappa shape index (κ1) is 19.9. The van der Waals surface area contributed by atoms with Gasteiger partial charge in [0.2, 0.25) is 0 Å². The summed E-state index contributed by atoms with van der Waals surface area (Å²) in [4.78, 5) is 3.08. The Labute approximate surface area is 169 Å². The first-order chi connectivity index (χ1) is 14.1. The number of aryl methyl sites for hydroxylation is 2. The molecule has 8 nitrogen and oxygen atoms in total. The Bertz CT molecular complexity index is 1360. The molecule has 1 aromatic carbocycles. The highest BCUT2D eigenvalue weighted by Gasteiger charge is 2.32. The van der Waals surface area contributed by atoms with Crippen LogP contribution in [0.3, 0.4) is 0 Å². The minimum absolute atomic E-state index is 0.0312. The van der Waals surface area contributed by atoms with Crippen LogP contribution >= 0.6 is 0 Å². The smallest absolute Gasteiger partial charge is 0.277 e. The van der Waals surface area contributed by atoms with Crippen molar-refractivity contribution in [2.24, 2.45) is 7.05 Å². The van der Waals surface area contributed by atoms with Gasteiger partial charge >= 0.3 is 6.18 Å². The van der Waals surface area contributed by atoms with E-state index in [2.05, 4.69) is 19.9 Å². The molecular formula is C18H15F3N6O2S. The number of benzene rings is 1. The van der Waals surface area contributed by atoms with Crippen LogP contribution < -0.4 is 4.72 Å². The van der Waals surface area contributed by atoms with E-state index in [4.69, 9.17) is 0 Å². The summed E-state index contributed by atoms with van der Waals surface area (Å²) < 4.78 is 69.6. The normalized spacial score (nSPS) is 12.4. The zero-order valence-corrected chi connectivity index (χ0v) is 16.5. The molecule has 156 valence electrons. The molecule has 0 amide bonds. The number of hydrogen-bond donors (Lipinski definition) is 1. The monoisotopic (exact) mass is 436 g/mol. The van der Waals surface area contributed by atoms with Crippen LogP contribution in [0.1, 0.15) is 11.3 Å². The fraction of sp³-hybridized carbons (Fsp3) is 0.167.